The van der Waals surface area contributed by atoms with E-state index in [0.29, 0.717) is 24.0 Å². The summed E-state index contributed by atoms with van der Waals surface area (Å²) in [6, 6.07) is 8.12. The van der Waals surface area contributed by atoms with Gasteiger partial charge in [0.05, 0.1) is 5.75 Å². The molecule has 1 aromatic rings. The van der Waals surface area contributed by atoms with Crippen LogP contribution in [0.5, 0.6) is 0 Å². The Morgan fingerprint density at radius 3 is 2.70 bits per heavy atom. The molecule has 1 aliphatic heterocycles. The van der Waals surface area contributed by atoms with Gasteiger partial charge < -0.3 is 10.2 Å². The maximum absolute atomic E-state index is 12.2. The zero-order valence-electron chi connectivity index (χ0n) is 14.0. The van der Waals surface area contributed by atoms with Gasteiger partial charge >= 0.3 is 0 Å². The first-order valence-electron chi connectivity index (χ1n) is 8.30. The smallest absolute Gasteiger partial charge is 0.234 e. The van der Waals surface area contributed by atoms with Gasteiger partial charge in [0.1, 0.15) is 0 Å². The van der Waals surface area contributed by atoms with Crippen molar-refractivity contribution in [1.82, 2.24) is 4.90 Å². The number of likely N-dealkylation sites (tertiary alicyclic amines) is 1. The SMILES string of the molecule is Cc1ccc(NC(=O)CSCCC(=O)N2CCCCC2C)cc1. The first-order valence-corrected chi connectivity index (χ1v) is 9.45. The molecule has 1 atom stereocenters. The fourth-order valence-corrected chi connectivity index (χ4v) is 3.49. The maximum Gasteiger partial charge on any atom is 0.234 e. The molecule has 1 unspecified atom stereocenters. The van der Waals surface area contributed by atoms with Crippen molar-refractivity contribution in [3.63, 3.8) is 0 Å². The summed E-state index contributed by atoms with van der Waals surface area (Å²) in [5.74, 6) is 1.29. The van der Waals surface area contributed by atoms with E-state index in [-0.39, 0.29) is 11.8 Å². The number of aryl methyl sites for hydroxylation is 1. The van der Waals surface area contributed by atoms with Crippen LogP contribution in [0.25, 0.3) is 0 Å². The van der Waals surface area contributed by atoms with Crippen molar-refractivity contribution in [2.75, 3.05) is 23.4 Å². The topological polar surface area (TPSA) is 49.4 Å². The molecule has 5 heteroatoms. The van der Waals surface area contributed by atoms with Crippen molar-refractivity contribution in [1.29, 1.82) is 0 Å². The quantitative estimate of drug-likeness (QED) is 0.811. The van der Waals surface area contributed by atoms with Crippen LogP contribution < -0.4 is 5.32 Å². The van der Waals surface area contributed by atoms with Gasteiger partial charge in [-0.3, -0.25) is 9.59 Å². The number of nitrogens with one attached hydrogen (secondary N) is 1. The zero-order chi connectivity index (χ0) is 16.7. The second kappa shape index (κ2) is 8.96. The van der Waals surface area contributed by atoms with Crippen LogP contribution in [0.2, 0.25) is 0 Å². The number of thioether (sulfide) groups is 1. The molecule has 126 valence electrons. The number of amides is 2. The highest BCUT2D eigenvalue weighted by Crippen LogP contribution is 2.18. The molecule has 0 radical (unpaired) electrons. The van der Waals surface area contributed by atoms with Crippen LogP contribution in [0, 0.1) is 6.92 Å². The summed E-state index contributed by atoms with van der Waals surface area (Å²) < 4.78 is 0. The van der Waals surface area contributed by atoms with Crippen LogP contribution in [0.15, 0.2) is 24.3 Å². The van der Waals surface area contributed by atoms with Crippen molar-refractivity contribution in [2.45, 2.75) is 45.6 Å². The first-order chi connectivity index (χ1) is 11.1. The van der Waals surface area contributed by atoms with Crippen molar-refractivity contribution >= 4 is 29.3 Å². The molecule has 1 N–H and O–H groups in total. The van der Waals surface area contributed by atoms with E-state index in [4.69, 9.17) is 0 Å². The van der Waals surface area contributed by atoms with Crippen molar-refractivity contribution in [2.24, 2.45) is 0 Å². The molecule has 4 nitrogen and oxygen atoms in total. The predicted octanol–water partition coefficient (Wildman–Crippen LogP) is 3.46. The molecule has 0 aliphatic carbocycles. The molecular weight excluding hydrogens is 308 g/mol. The molecule has 0 bridgehead atoms. The molecule has 0 saturated carbocycles. The Morgan fingerprint density at radius 2 is 2.00 bits per heavy atom. The number of rotatable bonds is 6. The molecule has 2 amide bonds. The number of anilines is 1. The lowest BCUT2D eigenvalue weighted by Crippen LogP contribution is -2.42. The number of carbonyl (C=O) groups is 2. The summed E-state index contributed by atoms with van der Waals surface area (Å²) in [6.45, 7) is 5.03. The minimum Gasteiger partial charge on any atom is -0.340 e. The Labute approximate surface area is 143 Å². The summed E-state index contributed by atoms with van der Waals surface area (Å²) in [7, 11) is 0. The summed E-state index contributed by atoms with van der Waals surface area (Å²) >= 11 is 1.52. The molecule has 2 rings (SSSR count). The molecular formula is C18H26N2O2S. The van der Waals surface area contributed by atoms with Crippen LogP contribution in [0.4, 0.5) is 5.69 Å². The molecule has 1 aliphatic rings. The Hall–Kier alpha value is -1.49. The minimum atomic E-state index is -0.0161. The fourth-order valence-electron chi connectivity index (χ4n) is 2.77. The number of hydrogen-bond acceptors (Lipinski definition) is 3. The number of hydrogen-bond donors (Lipinski definition) is 1. The second-order valence-corrected chi connectivity index (χ2v) is 7.25. The fraction of sp³-hybridized carbons (Fsp3) is 0.556. The maximum atomic E-state index is 12.2. The summed E-state index contributed by atoms with van der Waals surface area (Å²) in [5, 5.41) is 2.87. The Kier molecular flexibility index (Phi) is 6.96. The average Bonchev–Trinajstić information content (AvgIpc) is 2.54. The molecule has 1 fully saturated rings. The van der Waals surface area contributed by atoms with Crippen LogP contribution >= 0.6 is 11.8 Å². The highest BCUT2D eigenvalue weighted by Gasteiger charge is 2.22. The minimum absolute atomic E-state index is 0.0161. The van der Waals surface area contributed by atoms with Crippen LogP contribution in [0.1, 0.15) is 38.2 Å². The van der Waals surface area contributed by atoms with Gasteiger partial charge in [-0.15, -0.1) is 0 Å². The first kappa shape index (κ1) is 17.9. The number of nitrogens with zero attached hydrogens (tertiary/aromatic N) is 1. The van der Waals surface area contributed by atoms with Gasteiger partial charge in [-0.1, -0.05) is 17.7 Å². The van der Waals surface area contributed by atoms with Crippen molar-refractivity contribution in [3.05, 3.63) is 29.8 Å². The van der Waals surface area contributed by atoms with E-state index in [1.54, 1.807) is 0 Å². The van der Waals surface area contributed by atoms with Gasteiger partial charge in [0, 0.05) is 30.4 Å². The van der Waals surface area contributed by atoms with Crippen molar-refractivity contribution in [3.8, 4) is 0 Å². The van der Waals surface area contributed by atoms with E-state index < -0.39 is 0 Å². The summed E-state index contributed by atoms with van der Waals surface area (Å²) in [6.07, 6.45) is 3.96. The average molecular weight is 334 g/mol. The lowest BCUT2D eigenvalue weighted by molar-refractivity contribution is -0.134. The lowest BCUT2D eigenvalue weighted by Gasteiger charge is -2.33. The molecule has 1 aromatic carbocycles. The van der Waals surface area contributed by atoms with Crippen LogP contribution in [0.3, 0.4) is 0 Å². The second-order valence-electron chi connectivity index (χ2n) is 6.15. The largest absolute Gasteiger partial charge is 0.340 e. The zero-order valence-corrected chi connectivity index (χ0v) is 14.8. The van der Waals surface area contributed by atoms with E-state index in [9.17, 15) is 9.59 Å². The number of carbonyl (C=O) groups excluding carboxylic acids is 2. The molecule has 1 heterocycles. The van der Waals surface area contributed by atoms with Gasteiger partial charge in [-0.25, -0.2) is 0 Å². The standard InChI is InChI=1S/C18H26N2O2S/c1-14-6-8-16(9-7-14)19-17(21)13-23-12-10-18(22)20-11-4-3-5-15(20)2/h6-9,15H,3-5,10-13H2,1-2H3,(H,19,21). The monoisotopic (exact) mass is 334 g/mol. The van der Waals surface area contributed by atoms with E-state index in [1.165, 1.54) is 23.7 Å². The summed E-state index contributed by atoms with van der Waals surface area (Å²) in [5.41, 5.74) is 1.99. The third-order valence-corrected chi connectivity index (χ3v) is 5.11. The van der Waals surface area contributed by atoms with Gasteiger partial charge in [-0.05, 0) is 45.2 Å². The lowest BCUT2D eigenvalue weighted by atomic mass is 10.0. The van der Waals surface area contributed by atoms with Crippen molar-refractivity contribution < 1.29 is 9.59 Å². The third-order valence-electron chi connectivity index (χ3n) is 4.15. The van der Waals surface area contributed by atoms with E-state index in [2.05, 4.69) is 12.2 Å². The summed E-state index contributed by atoms with van der Waals surface area (Å²) in [4.78, 5) is 26.1. The van der Waals surface area contributed by atoms with Gasteiger partial charge in [-0.2, -0.15) is 11.8 Å². The Morgan fingerprint density at radius 1 is 1.26 bits per heavy atom. The molecule has 1 saturated heterocycles. The van der Waals surface area contributed by atoms with Gasteiger partial charge in [0.2, 0.25) is 11.8 Å². The molecule has 0 spiro atoms. The normalized spacial score (nSPS) is 17.8. The number of benzene rings is 1. The van der Waals surface area contributed by atoms with E-state index >= 15 is 0 Å². The molecule has 0 aromatic heterocycles. The third kappa shape index (κ3) is 5.90. The van der Waals surface area contributed by atoms with Gasteiger partial charge in [0.25, 0.3) is 0 Å². The predicted molar refractivity (Wildman–Crippen MR) is 96.8 cm³/mol. The van der Waals surface area contributed by atoms with Crippen LogP contribution in [-0.4, -0.2) is 40.8 Å². The van der Waals surface area contributed by atoms with E-state index in [0.717, 1.165) is 25.1 Å². The van der Waals surface area contributed by atoms with Gasteiger partial charge in [0.15, 0.2) is 0 Å². The van der Waals surface area contributed by atoms with Crippen LogP contribution in [-0.2, 0) is 9.59 Å². The highest BCUT2D eigenvalue weighted by atomic mass is 32.2. The Bertz CT molecular complexity index is 530. The highest BCUT2D eigenvalue weighted by molar-refractivity contribution is 7.99. The molecule has 23 heavy (non-hydrogen) atoms. The Balaban J connectivity index is 1.63. The van der Waals surface area contributed by atoms with E-state index in [1.807, 2.05) is 36.1 Å². The number of piperidine rings is 1.